The molecule has 0 aromatic heterocycles. The molecule has 0 unspecified atom stereocenters. The van der Waals surface area contributed by atoms with Crippen LogP contribution < -0.4 is 20.7 Å². The molecule has 3 amide bonds. The van der Waals surface area contributed by atoms with Gasteiger partial charge in [-0.15, -0.1) is 0 Å². The van der Waals surface area contributed by atoms with Crippen molar-refractivity contribution in [1.29, 1.82) is 0 Å². The van der Waals surface area contributed by atoms with E-state index in [2.05, 4.69) is 16.0 Å². The average molecular weight is 261 g/mol. The van der Waals surface area contributed by atoms with Crippen LogP contribution in [0.4, 0.5) is 10.5 Å². The molecule has 1 aliphatic carbocycles. The highest BCUT2D eigenvalue weighted by molar-refractivity contribution is 5.99. The maximum Gasteiger partial charge on any atom is 0.319 e. The zero-order valence-corrected chi connectivity index (χ0v) is 10.4. The molecule has 1 saturated carbocycles. The van der Waals surface area contributed by atoms with Gasteiger partial charge in [0.25, 0.3) is 5.91 Å². The summed E-state index contributed by atoms with van der Waals surface area (Å²) in [6.45, 7) is 0.937. The molecule has 6 nitrogen and oxygen atoms in total. The first-order chi connectivity index (χ1) is 9.22. The van der Waals surface area contributed by atoms with Crippen LogP contribution in [0.3, 0.4) is 0 Å². The van der Waals surface area contributed by atoms with Gasteiger partial charge in [-0.25, -0.2) is 4.79 Å². The molecule has 0 saturated heterocycles. The monoisotopic (exact) mass is 261 g/mol. The molecule has 100 valence electrons. The van der Waals surface area contributed by atoms with E-state index in [0.29, 0.717) is 36.2 Å². The lowest BCUT2D eigenvalue weighted by Gasteiger charge is -2.10. The van der Waals surface area contributed by atoms with Gasteiger partial charge in [0.1, 0.15) is 12.4 Å². The van der Waals surface area contributed by atoms with E-state index in [9.17, 15) is 9.59 Å². The fourth-order valence-corrected chi connectivity index (χ4v) is 1.91. The van der Waals surface area contributed by atoms with Crippen molar-refractivity contribution >= 4 is 17.6 Å². The van der Waals surface area contributed by atoms with E-state index in [4.69, 9.17) is 4.74 Å². The summed E-state index contributed by atoms with van der Waals surface area (Å²) >= 11 is 0. The Morgan fingerprint density at radius 2 is 2.21 bits per heavy atom. The number of fused-ring (bicyclic) bond motifs is 1. The normalized spacial score (nSPS) is 17.6. The average Bonchev–Trinajstić information content (AvgIpc) is 3.19. The highest BCUT2D eigenvalue weighted by Crippen LogP contribution is 2.24. The number of hydrogen-bond donors (Lipinski definition) is 3. The standard InChI is InChI=1S/C13H15N3O3/c17-12-10-7-9(16-13(18)15-8-1-2-8)3-4-11(10)19-6-5-14-12/h3-4,7-8H,1-2,5-6H2,(H,14,17)(H2,15,16,18). The predicted molar refractivity (Wildman–Crippen MR) is 69.4 cm³/mol. The van der Waals surface area contributed by atoms with Crippen molar-refractivity contribution in [2.24, 2.45) is 0 Å². The number of amides is 3. The lowest BCUT2D eigenvalue weighted by Crippen LogP contribution is -2.30. The molecule has 0 spiro atoms. The summed E-state index contributed by atoms with van der Waals surface area (Å²) in [5.74, 6) is 0.363. The van der Waals surface area contributed by atoms with Gasteiger partial charge in [-0.2, -0.15) is 0 Å². The number of benzene rings is 1. The number of carbonyl (C=O) groups excluding carboxylic acids is 2. The van der Waals surface area contributed by atoms with Gasteiger partial charge in [-0.3, -0.25) is 4.79 Å². The molecule has 1 aromatic carbocycles. The second-order valence-electron chi connectivity index (χ2n) is 4.69. The molecule has 2 aliphatic rings. The Labute approximate surface area is 110 Å². The Hall–Kier alpha value is -2.24. The molecule has 1 aromatic rings. The van der Waals surface area contributed by atoms with Gasteiger partial charge in [0, 0.05) is 11.7 Å². The van der Waals surface area contributed by atoms with Crippen LogP contribution in [-0.4, -0.2) is 31.1 Å². The van der Waals surface area contributed by atoms with Gasteiger partial charge < -0.3 is 20.7 Å². The van der Waals surface area contributed by atoms with Crippen LogP contribution in [0.25, 0.3) is 0 Å². The molecule has 0 radical (unpaired) electrons. The van der Waals surface area contributed by atoms with E-state index >= 15 is 0 Å². The minimum Gasteiger partial charge on any atom is -0.491 e. The Bertz CT molecular complexity index is 526. The minimum absolute atomic E-state index is 0.182. The summed E-state index contributed by atoms with van der Waals surface area (Å²) in [7, 11) is 0. The van der Waals surface area contributed by atoms with Crippen LogP contribution in [0.2, 0.25) is 0 Å². The third-order valence-corrected chi connectivity index (χ3v) is 3.04. The summed E-state index contributed by atoms with van der Waals surface area (Å²) in [5.41, 5.74) is 1.03. The molecule has 0 bridgehead atoms. The van der Waals surface area contributed by atoms with E-state index in [1.165, 1.54) is 0 Å². The molecule has 6 heteroatoms. The molecular formula is C13H15N3O3. The summed E-state index contributed by atoms with van der Waals surface area (Å²) in [6, 6.07) is 5.11. The smallest absolute Gasteiger partial charge is 0.319 e. The number of nitrogens with one attached hydrogen (secondary N) is 3. The second-order valence-corrected chi connectivity index (χ2v) is 4.69. The quantitative estimate of drug-likeness (QED) is 0.745. The van der Waals surface area contributed by atoms with Crippen molar-refractivity contribution in [2.75, 3.05) is 18.5 Å². The third kappa shape index (κ3) is 2.78. The Morgan fingerprint density at radius 1 is 1.37 bits per heavy atom. The largest absolute Gasteiger partial charge is 0.491 e. The predicted octanol–water partition coefficient (Wildman–Crippen LogP) is 1.09. The summed E-state index contributed by atoms with van der Waals surface area (Å²) in [5, 5.41) is 8.27. The van der Waals surface area contributed by atoms with Gasteiger partial charge in [0.15, 0.2) is 0 Å². The molecular weight excluding hydrogens is 246 g/mol. The van der Waals surface area contributed by atoms with Crippen LogP contribution >= 0.6 is 0 Å². The van der Waals surface area contributed by atoms with Gasteiger partial charge in [0.2, 0.25) is 0 Å². The van der Waals surface area contributed by atoms with Crippen LogP contribution in [0, 0.1) is 0 Å². The summed E-state index contributed by atoms with van der Waals surface area (Å²) in [4.78, 5) is 23.4. The fraction of sp³-hybridized carbons (Fsp3) is 0.385. The molecule has 19 heavy (non-hydrogen) atoms. The van der Waals surface area contributed by atoms with E-state index in [1.807, 2.05) is 0 Å². The van der Waals surface area contributed by atoms with E-state index in [1.54, 1.807) is 18.2 Å². The molecule has 3 rings (SSSR count). The number of ether oxygens (including phenoxy) is 1. The van der Waals surface area contributed by atoms with E-state index in [-0.39, 0.29) is 11.9 Å². The number of anilines is 1. The van der Waals surface area contributed by atoms with Crippen LogP contribution in [0.1, 0.15) is 23.2 Å². The topological polar surface area (TPSA) is 79.5 Å². The van der Waals surface area contributed by atoms with E-state index in [0.717, 1.165) is 12.8 Å². The zero-order valence-electron chi connectivity index (χ0n) is 10.4. The SMILES string of the molecule is O=C(Nc1ccc2c(c1)C(=O)NCCO2)NC1CC1. The molecule has 1 aliphatic heterocycles. The second kappa shape index (κ2) is 4.79. The van der Waals surface area contributed by atoms with Crippen molar-refractivity contribution < 1.29 is 14.3 Å². The fourth-order valence-electron chi connectivity index (χ4n) is 1.91. The maximum absolute atomic E-state index is 11.8. The summed E-state index contributed by atoms with van der Waals surface area (Å²) < 4.78 is 5.44. The number of carbonyl (C=O) groups is 2. The molecule has 1 heterocycles. The van der Waals surface area contributed by atoms with E-state index < -0.39 is 0 Å². The Kier molecular flexibility index (Phi) is 2.98. The molecule has 1 fully saturated rings. The Balaban J connectivity index is 1.75. The number of rotatable bonds is 2. The molecule has 0 atom stereocenters. The van der Waals surface area contributed by atoms with Crippen molar-refractivity contribution in [1.82, 2.24) is 10.6 Å². The minimum atomic E-state index is -0.239. The van der Waals surface area contributed by atoms with Crippen LogP contribution in [-0.2, 0) is 0 Å². The number of urea groups is 1. The third-order valence-electron chi connectivity index (χ3n) is 3.04. The number of hydrogen-bond acceptors (Lipinski definition) is 3. The lowest BCUT2D eigenvalue weighted by atomic mass is 10.1. The van der Waals surface area contributed by atoms with Gasteiger partial charge in [0.05, 0.1) is 12.1 Å². The van der Waals surface area contributed by atoms with Crippen molar-refractivity contribution in [2.45, 2.75) is 18.9 Å². The highest BCUT2D eigenvalue weighted by Gasteiger charge is 2.23. The van der Waals surface area contributed by atoms with Crippen molar-refractivity contribution in [3.63, 3.8) is 0 Å². The maximum atomic E-state index is 11.8. The van der Waals surface area contributed by atoms with Gasteiger partial charge >= 0.3 is 6.03 Å². The zero-order chi connectivity index (χ0) is 13.2. The lowest BCUT2D eigenvalue weighted by molar-refractivity contribution is 0.0957. The molecule has 3 N–H and O–H groups in total. The summed E-state index contributed by atoms with van der Waals surface area (Å²) in [6.07, 6.45) is 2.07. The van der Waals surface area contributed by atoms with Crippen molar-refractivity contribution in [3.05, 3.63) is 23.8 Å². The van der Waals surface area contributed by atoms with Gasteiger partial charge in [-0.1, -0.05) is 0 Å². The first-order valence-corrected chi connectivity index (χ1v) is 6.35. The van der Waals surface area contributed by atoms with Gasteiger partial charge in [-0.05, 0) is 31.0 Å². The van der Waals surface area contributed by atoms with Crippen molar-refractivity contribution in [3.8, 4) is 5.75 Å². The first-order valence-electron chi connectivity index (χ1n) is 6.35. The first kappa shape index (κ1) is 11.8. The van der Waals surface area contributed by atoms with Crippen LogP contribution in [0.15, 0.2) is 18.2 Å². The Morgan fingerprint density at radius 3 is 3.00 bits per heavy atom. The van der Waals surface area contributed by atoms with Crippen LogP contribution in [0.5, 0.6) is 5.75 Å². The highest BCUT2D eigenvalue weighted by atomic mass is 16.5.